The van der Waals surface area contributed by atoms with Crippen LogP contribution in [0.1, 0.15) is 17.3 Å². The zero-order valence-corrected chi connectivity index (χ0v) is 12.0. The van der Waals surface area contributed by atoms with Crippen LogP contribution >= 0.6 is 0 Å². The summed E-state index contributed by atoms with van der Waals surface area (Å²) in [5, 5.41) is 0. The Bertz CT molecular complexity index is 518. The lowest BCUT2D eigenvalue weighted by atomic mass is 10.1. The van der Waals surface area contributed by atoms with Crippen molar-refractivity contribution < 1.29 is 27.4 Å². The van der Waals surface area contributed by atoms with Crippen LogP contribution in [0, 0.1) is 0 Å². The Morgan fingerprint density at radius 1 is 1.29 bits per heavy atom. The predicted molar refractivity (Wildman–Crippen MR) is 71.6 cm³/mol. The fraction of sp³-hybridized carbons (Fsp3) is 0.462. The number of anilines is 1. The average Bonchev–Trinajstić information content (AvgIpc) is 2.43. The fourth-order valence-corrected chi connectivity index (χ4v) is 1.78. The molecule has 8 heteroatoms. The van der Waals surface area contributed by atoms with Crippen LogP contribution in [0.25, 0.3) is 0 Å². The first-order chi connectivity index (χ1) is 9.73. The van der Waals surface area contributed by atoms with Gasteiger partial charge < -0.3 is 20.1 Å². The van der Waals surface area contributed by atoms with Crippen LogP contribution in [0.3, 0.4) is 0 Å². The van der Waals surface area contributed by atoms with Gasteiger partial charge in [0.1, 0.15) is 18.0 Å². The molecule has 0 spiro atoms. The van der Waals surface area contributed by atoms with Gasteiger partial charge in [-0.1, -0.05) is 0 Å². The number of alkyl halides is 3. The van der Waals surface area contributed by atoms with Crippen LogP contribution in [0.4, 0.5) is 18.9 Å². The van der Waals surface area contributed by atoms with E-state index in [0.29, 0.717) is 4.90 Å². The van der Waals surface area contributed by atoms with Crippen molar-refractivity contribution in [3.8, 4) is 11.5 Å². The number of amides is 1. The maximum Gasteiger partial charge on any atom is 0.406 e. The number of ether oxygens (including phenoxy) is 2. The molecule has 0 heterocycles. The summed E-state index contributed by atoms with van der Waals surface area (Å²) in [5.74, 6) is -0.391. The summed E-state index contributed by atoms with van der Waals surface area (Å²) in [7, 11) is 2.71. The van der Waals surface area contributed by atoms with Crippen molar-refractivity contribution in [2.24, 2.45) is 0 Å². The maximum absolute atomic E-state index is 12.5. The SMILES string of the molecule is CCN(CC(F)(F)F)C(=O)c1cc(OC)cc(OC)c1N. The molecule has 1 amide bonds. The van der Waals surface area contributed by atoms with Gasteiger partial charge in [0.15, 0.2) is 0 Å². The highest BCUT2D eigenvalue weighted by atomic mass is 19.4. The number of hydrogen-bond acceptors (Lipinski definition) is 4. The Balaban J connectivity index is 3.21. The second-order valence-electron chi connectivity index (χ2n) is 4.23. The molecule has 0 aliphatic carbocycles. The van der Waals surface area contributed by atoms with Crippen LogP contribution in [0.2, 0.25) is 0 Å². The number of nitrogen functional groups attached to an aromatic ring is 1. The van der Waals surface area contributed by atoms with Gasteiger partial charge in [-0.2, -0.15) is 13.2 Å². The normalized spacial score (nSPS) is 11.1. The zero-order chi connectivity index (χ0) is 16.2. The number of nitrogens with zero attached hydrogens (tertiary/aromatic N) is 1. The van der Waals surface area contributed by atoms with E-state index in [0.717, 1.165) is 0 Å². The second kappa shape index (κ2) is 6.55. The number of nitrogens with two attached hydrogens (primary N) is 1. The zero-order valence-electron chi connectivity index (χ0n) is 12.0. The van der Waals surface area contributed by atoms with E-state index in [1.54, 1.807) is 0 Å². The van der Waals surface area contributed by atoms with Crippen LogP contribution in [0.5, 0.6) is 11.5 Å². The third-order valence-corrected chi connectivity index (χ3v) is 2.84. The Hall–Kier alpha value is -2.12. The lowest BCUT2D eigenvalue weighted by Crippen LogP contribution is -2.39. The molecule has 118 valence electrons. The third-order valence-electron chi connectivity index (χ3n) is 2.84. The first kappa shape index (κ1) is 16.9. The van der Waals surface area contributed by atoms with Crippen molar-refractivity contribution in [2.45, 2.75) is 13.1 Å². The van der Waals surface area contributed by atoms with Crippen molar-refractivity contribution in [3.63, 3.8) is 0 Å². The van der Waals surface area contributed by atoms with Crippen molar-refractivity contribution >= 4 is 11.6 Å². The first-order valence-electron chi connectivity index (χ1n) is 6.11. The molecule has 21 heavy (non-hydrogen) atoms. The Kier molecular flexibility index (Phi) is 5.28. The molecular formula is C13H17F3N2O3. The van der Waals surface area contributed by atoms with E-state index in [1.165, 1.54) is 33.3 Å². The van der Waals surface area contributed by atoms with E-state index < -0.39 is 18.6 Å². The molecule has 0 saturated heterocycles. The van der Waals surface area contributed by atoms with Gasteiger partial charge in [0.25, 0.3) is 5.91 Å². The number of carbonyl (C=O) groups excluding carboxylic acids is 1. The van der Waals surface area contributed by atoms with E-state index in [-0.39, 0.29) is 29.3 Å². The van der Waals surface area contributed by atoms with E-state index in [1.807, 2.05) is 0 Å². The number of methoxy groups -OCH3 is 2. The Morgan fingerprint density at radius 3 is 2.33 bits per heavy atom. The van der Waals surface area contributed by atoms with Gasteiger partial charge in [0.2, 0.25) is 0 Å². The molecular weight excluding hydrogens is 289 g/mol. The summed E-state index contributed by atoms with van der Waals surface area (Å²) >= 11 is 0. The van der Waals surface area contributed by atoms with E-state index in [4.69, 9.17) is 15.2 Å². The molecule has 1 aromatic carbocycles. The molecule has 0 atom stereocenters. The number of hydrogen-bond donors (Lipinski definition) is 1. The highest BCUT2D eigenvalue weighted by Crippen LogP contribution is 2.32. The summed E-state index contributed by atoms with van der Waals surface area (Å²) in [6, 6.07) is 2.74. The number of benzene rings is 1. The topological polar surface area (TPSA) is 64.8 Å². The molecule has 0 radical (unpaired) electrons. The largest absolute Gasteiger partial charge is 0.497 e. The van der Waals surface area contributed by atoms with Crippen molar-refractivity contribution in [2.75, 3.05) is 33.0 Å². The van der Waals surface area contributed by atoms with Gasteiger partial charge in [0, 0.05) is 12.6 Å². The third kappa shape index (κ3) is 4.17. The molecule has 0 fully saturated rings. The lowest BCUT2D eigenvalue weighted by molar-refractivity contribution is -0.140. The molecule has 0 saturated carbocycles. The maximum atomic E-state index is 12.5. The molecule has 0 aromatic heterocycles. The first-order valence-corrected chi connectivity index (χ1v) is 6.11. The summed E-state index contributed by atoms with van der Waals surface area (Å²) < 4.78 is 47.4. The van der Waals surface area contributed by atoms with Crippen LogP contribution in [-0.4, -0.2) is 44.3 Å². The van der Waals surface area contributed by atoms with E-state index in [9.17, 15) is 18.0 Å². The molecule has 1 rings (SSSR count). The van der Waals surface area contributed by atoms with Gasteiger partial charge in [-0.05, 0) is 13.0 Å². The summed E-state index contributed by atoms with van der Waals surface area (Å²) in [4.78, 5) is 12.9. The minimum atomic E-state index is -4.48. The Labute approximate surface area is 120 Å². The van der Waals surface area contributed by atoms with Crippen molar-refractivity contribution in [1.82, 2.24) is 4.90 Å². The van der Waals surface area contributed by atoms with Crippen LogP contribution in [0.15, 0.2) is 12.1 Å². The minimum absolute atomic E-state index is 0.0241. The molecule has 0 bridgehead atoms. The summed E-state index contributed by atoms with van der Waals surface area (Å²) in [5.41, 5.74) is 5.66. The minimum Gasteiger partial charge on any atom is -0.497 e. The van der Waals surface area contributed by atoms with E-state index >= 15 is 0 Å². The monoisotopic (exact) mass is 306 g/mol. The van der Waals surface area contributed by atoms with Gasteiger partial charge in [-0.3, -0.25) is 4.79 Å². The molecule has 1 aromatic rings. The number of rotatable bonds is 5. The molecule has 0 aliphatic rings. The quantitative estimate of drug-likeness (QED) is 0.848. The molecule has 2 N–H and O–H groups in total. The van der Waals surface area contributed by atoms with Gasteiger partial charge in [-0.15, -0.1) is 0 Å². The van der Waals surface area contributed by atoms with Crippen LogP contribution in [-0.2, 0) is 0 Å². The predicted octanol–water partition coefficient (Wildman–Crippen LogP) is 2.31. The summed E-state index contributed by atoms with van der Waals surface area (Å²) in [6.45, 7) is 0.00976. The van der Waals surface area contributed by atoms with Crippen molar-refractivity contribution in [3.05, 3.63) is 17.7 Å². The highest BCUT2D eigenvalue weighted by Gasteiger charge is 2.33. The van der Waals surface area contributed by atoms with Gasteiger partial charge in [-0.25, -0.2) is 0 Å². The van der Waals surface area contributed by atoms with E-state index in [2.05, 4.69) is 0 Å². The fourth-order valence-electron chi connectivity index (χ4n) is 1.78. The van der Waals surface area contributed by atoms with Gasteiger partial charge >= 0.3 is 6.18 Å². The average molecular weight is 306 g/mol. The second-order valence-corrected chi connectivity index (χ2v) is 4.23. The highest BCUT2D eigenvalue weighted by molar-refractivity contribution is 6.01. The standard InChI is InChI=1S/C13H17F3N2O3/c1-4-18(7-13(14,15)16)12(19)9-5-8(20-2)6-10(21-3)11(9)17/h5-6H,4,7,17H2,1-3H3. The lowest BCUT2D eigenvalue weighted by Gasteiger charge is -2.23. The molecule has 0 aliphatic heterocycles. The van der Waals surface area contributed by atoms with Gasteiger partial charge in [0.05, 0.1) is 25.5 Å². The Morgan fingerprint density at radius 2 is 1.90 bits per heavy atom. The number of halogens is 3. The number of carbonyl (C=O) groups is 1. The molecule has 0 unspecified atom stereocenters. The molecule has 5 nitrogen and oxygen atoms in total. The van der Waals surface area contributed by atoms with Crippen molar-refractivity contribution in [1.29, 1.82) is 0 Å². The van der Waals surface area contributed by atoms with Crippen LogP contribution < -0.4 is 15.2 Å². The smallest absolute Gasteiger partial charge is 0.406 e. The summed E-state index contributed by atoms with van der Waals surface area (Å²) in [6.07, 6.45) is -4.48.